The average molecular weight is 537 g/mol. The normalized spacial score (nSPS) is 10.9. The van der Waals surface area contributed by atoms with Crippen LogP contribution in [0.2, 0.25) is 15.1 Å². The average Bonchev–Trinajstić information content (AvgIpc) is 3.19. The summed E-state index contributed by atoms with van der Waals surface area (Å²) in [6, 6.07) is 17.9. The second-order valence-electron chi connectivity index (χ2n) is 6.69. The van der Waals surface area contributed by atoms with Gasteiger partial charge in [0.1, 0.15) is 0 Å². The highest BCUT2D eigenvalue weighted by atomic mass is 79.9. The summed E-state index contributed by atoms with van der Waals surface area (Å²) in [6.45, 7) is 1.92. The molecule has 3 aromatic carbocycles. The molecular formula is C22H14BrCl3N4O. The summed E-state index contributed by atoms with van der Waals surface area (Å²) >= 11 is 21.7. The number of aryl methyl sites for hydroxylation is 1. The number of aromatic nitrogens is 3. The van der Waals surface area contributed by atoms with Crippen LogP contribution >= 0.6 is 50.7 Å². The molecule has 9 heteroatoms. The van der Waals surface area contributed by atoms with Gasteiger partial charge in [0.05, 0.1) is 15.7 Å². The Morgan fingerprint density at radius 2 is 1.68 bits per heavy atom. The minimum atomic E-state index is -0.478. The first-order valence-corrected chi connectivity index (χ1v) is 11.0. The molecule has 0 atom stereocenters. The van der Waals surface area contributed by atoms with Crippen molar-refractivity contribution in [3.63, 3.8) is 0 Å². The van der Waals surface area contributed by atoms with E-state index >= 15 is 0 Å². The zero-order chi connectivity index (χ0) is 22.1. The number of carbonyl (C=O) groups is 1. The fraction of sp³-hybridized carbons (Fsp3) is 0.0455. The lowest BCUT2D eigenvalue weighted by Gasteiger charge is -2.07. The molecule has 0 spiro atoms. The molecule has 0 aliphatic carbocycles. The van der Waals surface area contributed by atoms with Gasteiger partial charge < -0.3 is 5.32 Å². The minimum Gasteiger partial charge on any atom is -0.319 e. The smallest absolute Gasteiger partial charge is 0.295 e. The Kier molecular flexibility index (Phi) is 6.34. The van der Waals surface area contributed by atoms with E-state index in [2.05, 4.69) is 31.3 Å². The molecule has 0 radical (unpaired) electrons. The van der Waals surface area contributed by atoms with E-state index in [1.807, 2.05) is 43.3 Å². The molecule has 0 unspecified atom stereocenters. The number of hydrogen-bond donors (Lipinski definition) is 1. The van der Waals surface area contributed by atoms with E-state index in [9.17, 15) is 4.79 Å². The van der Waals surface area contributed by atoms with E-state index < -0.39 is 5.91 Å². The van der Waals surface area contributed by atoms with Crippen LogP contribution in [0.3, 0.4) is 0 Å². The molecule has 0 aliphatic rings. The van der Waals surface area contributed by atoms with Gasteiger partial charge in [0.15, 0.2) is 5.82 Å². The summed E-state index contributed by atoms with van der Waals surface area (Å²) < 4.78 is 2.52. The summed E-state index contributed by atoms with van der Waals surface area (Å²) in [7, 11) is 0. The third-order valence-electron chi connectivity index (χ3n) is 4.49. The fourth-order valence-corrected chi connectivity index (χ4v) is 3.59. The van der Waals surface area contributed by atoms with Crippen LogP contribution < -0.4 is 5.32 Å². The lowest BCUT2D eigenvalue weighted by atomic mass is 10.2. The topological polar surface area (TPSA) is 59.8 Å². The van der Waals surface area contributed by atoms with E-state index in [4.69, 9.17) is 34.8 Å². The van der Waals surface area contributed by atoms with Crippen LogP contribution in [0.5, 0.6) is 0 Å². The fourth-order valence-electron chi connectivity index (χ4n) is 2.85. The zero-order valence-corrected chi connectivity index (χ0v) is 19.9. The zero-order valence-electron chi connectivity index (χ0n) is 16.0. The third-order valence-corrected chi connectivity index (χ3v) is 6.17. The van der Waals surface area contributed by atoms with Crippen LogP contribution in [0.25, 0.3) is 17.1 Å². The molecule has 1 amide bonds. The third kappa shape index (κ3) is 4.77. The van der Waals surface area contributed by atoms with Crippen molar-refractivity contribution in [1.29, 1.82) is 0 Å². The van der Waals surface area contributed by atoms with Gasteiger partial charge in [-0.2, -0.15) is 0 Å². The van der Waals surface area contributed by atoms with Crippen molar-refractivity contribution in [2.24, 2.45) is 0 Å². The Morgan fingerprint density at radius 3 is 2.35 bits per heavy atom. The van der Waals surface area contributed by atoms with Crippen molar-refractivity contribution in [3.05, 3.63) is 91.6 Å². The second-order valence-corrected chi connectivity index (χ2v) is 8.83. The molecule has 31 heavy (non-hydrogen) atoms. The molecule has 0 saturated heterocycles. The van der Waals surface area contributed by atoms with Crippen LogP contribution in [-0.4, -0.2) is 20.7 Å². The molecule has 4 rings (SSSR count). The molecule has 0 fully saturated rings. The molecule has 5 nitrogen and oxygen atoms in total. The van der Waals surface area contributed by atoms with Crippen molar-refractivity contribution in [2.45, 2.75) is 6.92 Å². The number of hydrogen-bond acceptors (Lipinski definition) is 3. The number of amides is 1. The first-order valence-electron chi connectivity index (χ1n) is 9.08. The number of rotatable bonds is 4. The predicted molar refractivity (Wildman–Crippen MR) is 129 cm³/mol. The highest BCUT2D eigenvalue weighted by Gasteiger charge is 2.19. The molecule has 1 heterocycles. The van der Waals surface area contributed by atoms with E-state index in [0.29, 0.717) is 32.3 Å². The standard InChI is InChI=1S/C22H14BrCl3N4O/c1-12-2-8-16(11-18(12)25)30-21(13-3-5-14(23)6-4-13)28-20(29-30)22(31)27-15-7-9-17(24)19(26)10-15/h2-11H,1H3,(H,27,31). The van der Waals surface area contributed by atoms with Gasteiger partial charge in [-0.3, -0.25) is 4.79 Å². The van der Waals surface area contributed by atoms with Gasteiger partial charge in [-0.1, -0.05) is 68.9 Å². The minimum absolute atomic E-state index is 0.000638. The van der Waals surface area contributed by atoms with Crippen molar-refractivity contribution < 1.29 is 4.79 Å². The molecule has 0 aliphatic heterocycles. The summed E-state index contributed by atoms with van der Waals surface area (Å²) in [4.78, 5) is 17.4. The number of nitrogens with one attached hydrogen (secondary N) is 1. The highest BCUT2D eigenvalue weighted by molar-refractivity contribution is 9.10. The van der Waals surface area contributed by atoms with Gasteiger partial charge >= 0.3 is 0 Å². The Morgan fingerprint density at radius 1 is 0.935 bits per heavy atom. The largest absolute Gasteiger partial charge is 0.319 e. The molecular weight excluding hydrogens is 523 g/mol. The summed E-state index contributed by atoms with van der Waals surface area (Å²) in [6.07, 6.45) is 0. The van der Waals surface area contributed by atoms with Crippen LogP contribution in [0.1, 0.15) is 16.2 Å². The van der Waals surface area contributed by atoms with Gasteiger partial charge in [-0.05, 0) is 55.0 Å². The Labute approximate surface area is 202 Å². The lowest BCUT2D eigenvalue weighted by molar-refractivity contribution is 0.101. The van der Waals surface area contributed by atoms with E-state index in [1.165, 1.54) is 0 Å². The van der Waals surface area contributed by atoms with Crippen molar-refractivity contribution in [1.82, 2.24) is 14.8 Å². The summed E-state index contributed by atoms with van der Waals surface area (Å²) in [5.41, 5.74) is 2.91. The van der Waals surface area contributed by atoms with Gasteiger partial charge in [-0.25, -0.2) is 9.67 Å². The van der Waals surface area contributed by atoms with Crippen LogP contribution in [0.4, 0.5) is 5.69 Å². The maximum Gasteiger partial charge on any atom is 0.295 e. The van der Waals surface area contributed by atoms with E-state index in [0.717, 1.165) is 15.6 Å². The molecule has 156 valence electrons. The van der Waals surface area contributed by atoms with Crippen LogP contribution in [0.15, 0.2) is 65.1 Å². The molecule has 0 saturated carbocycles. The molecule has 4 aromatic rings. The van der Waals surface area contributed by atoms with Gasteiger partial charge in [-0.15, -0.1) is 5.10 Å². The van der Waals surface area contributed by atoms with Crippen LogP contribution in [0, 0.1) is 6.92 Å². The molecule has 0 bridgehead atoms. The van der Waals surface area contributed by atoms with Gasteiger partial charge in [0, 0.05) is 20.7 Å². The van der Waals surface area contributed by atoms with Crippen molar-refractivity contribution in [3.8, 4) is 17.1 Å². The van der Waals surface area contributed by atoms with Crippen LogP contribution in [-0.2, 0) is 0 Å². The Hall–Kier alpha value is -2.38. The van der Waals surface area contributed by atoms with Gasteiger partial charge in [0.25, 0.3) is 5.91 Å². The van der Waals surface area contributed by atoms with Gasteiger partial charge in [0.2, 0.25) is 5.82 Å². The SMILES string of the molecule is Cc1ccc(-n2nc(C(=O)Nc3ccc(Cl)c(Cl)c3)nc2-c2ccc(Br)cc2)cc1Cl. The predicted octanol–water partition coefficient (Wildman–Crippen LogP) is 7.22. The quantitative estimate of drug-likeness (QED) is 0.300. The maximum atomic E-state index is 12.9. The Balaban J connectivity index is 1.76. The van der Waals surface area contributed by atoms with E-state index in [-0.39, 0.29) is 5.82 Å². The number of benzene rings is 3. The maximum absolute atomic E-state index is 12.9. The monoisotopic (exact) mass is 534 g/mol. The highest BCUT2D eigenvalue weighted by Crippen LogP contribution is 2.27. The number of nitrogens with zero attached hydrogens (tertiary/aromatic N) is 3. The van der Waals surface area contributed by atoms with Crippen molar-refractivity contribution >= 4 is 62.3 Å². The number of carbonyl (C=O) groups excluding carboxylic acids is 1. The van der Waals surface area contributed by atoms with Crippen molar-refractivity contribution in [2.75, 3.05) is 5.32 Å². The summed E-state index contributed by atoms with van der Waals surface area (Å²) in [5.74, 6) is 0.0288. The lowest BCUT2D eigenvalue weighted by Crippen LogP contribution is -2.14. The summed E-state index contributed by atoms with van der Waals surface area (Å²) in [5, 5.41) is 8.52. The first-order chi connectivity index (χ1) is 14.8. The molecule has 1 aromatic heterocycles. The molecule has 1 N–H and O–H groups in total. The Bertz CT molecular complexity index is 1290. The number of halogens is 4. The number of anilines is 1. The first kappa shape index (κ1) is 21.8. The second kappa shape index (κ2) is 9.01. The van der Waals surface area contributed by atoms with E-state index in [1.54, 1.807) is 28.9 Å².